The normalized spacial score (nSPS) is 49.2. The lowest BCUT2D eigenvalue weighted by Gasteiger charge is -2.66. The molecule has 8 fully saturated rings. The van der Waals surface area contributed by atoms with Crippen molar-refractivity contribution >= 4 is 29.3 Å². The van der Waals surface area contributed by atoms with Gasteiger partial charge in [0, 0.05) is 42.7 Å². The Morgan fingerprint density at radius 2 is 1.17 bits per heavy atom. The molecule has 1 amide bonds. The zero-order valence-electron chi connectivity index (χ0n) is 39.9. The van der Waals surface area contributed by atoms with Crippen LogP contribution in [0.5, 0.6) is 0 Å². The molecule has 0 bridgehead atoms. The molecule has 0 saturated heterocycles. The van der Waals surface area contributed by atoms with Crippen LogP contribution < -0.4 is 5.32 Å². The summed E-state index contributed by atoms with van der Waals surface area (Å²) in [7, 11) is -3.85. The molecule has 4 unspecified atom stereocenters. The van der Waals surface area contributed by atoms with E-state index in [1.165, 1.54) is 0 Å². The molecule has 0 aromatic heterocycles. The van der Waals surface area contributed by atoms with Crippen molar-refractivity contribution in [2.75, 3.05) is 12.3 Å². The molecule has 19 atom stereocenters. The third-order valence-corrected chi connectivity index (χ3v) is 22.9. The Morgan fingerprint density at radius 1 is 0.672 bits per heavy atom. The summed E-state index contributed by atoms with van der Waals surface area (Å²) >= 11 is 0. The molecule has 0 radical (unpaired) electrons. The molecule has 0 aromatic rings. The number of aliphatic hydroxyl groups excluding tert-OH is 1. The van der Waals surface area contributed by atoms with Crippen molar-refractivity contribution in [1.82, 2.24) is 5.32 Å². The molecule has 0 aliphatic heterocycles. The second kappa shape index (κ2) is 17.0. The van der Waals surface area contributed by atoms with Crippen LogP contribution in [0.4, 0.5) is 0 Å². The number of fused-ring (bicyclic) bond motifs is 10. The number of rotatable bonds is 13. The van der Waals surface area contributed by atoms with Gasteiger partial charge in [0.1, 0.15) is 0 Å². The molecule has 364 valence electrons. The lowest BCUT2D eigenvalue weighted by molar-refractivity contribution is -0.306. The second-order valence-electron chi connectivity index (χ2n) is 25.4. The molecule has 0 aromatic carbocycles. The van der Waals surface area contributed by atoms with E-state index in [4.69, 9.17) is 4.55 Å². The van der Waals surface area contributed by atoms with Gasteiger partial charge in [0.25, 0.3) is 10.1 Å². The van der Waals surface area contributed by atoms with Crippen LogP contribution in [0, 0.1) is 92.7 Å². The monoisotopic (exact) mass is 918 g/mol. The van der Waals surface area contributed by atoms with E-state index in [1.54, 1.807) is 0 Å². The Bertz CT molecular complexity index is 1890. The molecular weight excluding hydrogens is 833 g/mol. The van der Waals surface area contributed by atoms with Gasteiger partial charge in [-0.3, -0.25) is 14.1 Å². The Morgan fingerprint density at radius 3 is 1.77 bits per heavy atom. The van der Waals surface area contributed by atoms with Crippen LogP contribution in [-0.2, 0) is 19.7 Å². The summed E-state index contributed by atoms with van der Waals surface area (Å²) in [4.78, 5) is 24.0. The van der Waals surface area contributed by atoms with Gasteiger partial charge in [0.05, 0.1) is 11.9 Å². The van der Waals surface area contributed by atoms with Gasteiger partial charge in [-0.1, -0.05) is 41.5 Å². The zero-order chi connectivity index (χ0) is 46.6. The first-order valence-electron chi connectivity index (χ1n) is 25.7. The van der Waals surface area contributed by atoms with Gasteiger partial charge in [-0.2, -0.15) is 8.42 Å². The molecule has 8 aliphatic carbocycles. The summed E-state index contributed by atoms with van der Waals surface area (Å²) in [6, 6.07) is 0. The maximum absolute atomic E-state index is 12.6. The van der Waals surface area contributed by atoms with Crippen molar-refractivity contribution in [3.8, 4) is 0 Å². The highest BCUT2D eigenvalue weighted by molar-refractivity contribution is 7.85. The molecule has 8 aliphatic rings. The summed E-state index contributed by atoms with van der Waals surface area (Å²) in [5.41, 5.74) is -2.36. The summed E-state index contributed by atoms with van der Waals surface area (Å²) in [5.74, 6) is -0.954. The number of carbonyl (C=O) groups excluding carboxylic acids is 1. The van der Waals surface area contributed by atoms with E-state index in [0.717, 1.165) is 64.2 Å². The first-order chi connectivity index (χ1) is 29.7. The maximum Gasteiger partial charge on any atom is 0.303 e. The third kappa shape index (κ3) is 8.59. The van der Waals surface area contributed by atoms with Crippen LogP contribution in [0.3, 0.4) is 0 Å². The van der Waals surface area contributed by atoms with Gasteiger partial charge < -0.3 is 36.0 Å². The van der Waals surface area contributed by atoms with Crippen molar-refractivity contribution in [1.29, 1.82) is 0 Å². The lowest BCUT2D eigenvalue weighted by Crippen LogP contribution is -2.66. The highest BCUT2D eigenvalue weighted by Crippen LogP contribution is 2.72. The number of aliphatic carboxylic acids is 1. The topological polar surface area (TPSA) is 222 Å². The minimum absolute atomic E-state index is 0.0242. The van der Waals surface area contributed by atoms with Crippen LogP contribution in [0.2, 0.25) is 0 Å². The summed E-state index contributed by atoms with van der Waals surface area (Å²) in [6.07, 6.45) is 14.1. The quantitative estimate of drug-likeness (QED) is 0.0582. The number of carboxylic acid groups (broad SMARTS) is 1. The largest absolute Gasteiger partial charge is 0.481 e. The van der Waals surface area contributed by atoms with E-state index in [1.807, 2.05) is 0 Å². The predicted molar refractivity (Wildman–Crippen MR) is 245 cm³/mol. The second-order valence-corrected chi connectivity index (χ2v) is 26.9. The molecule has 64 heavy (non-hydrogen) atoms. The first-order valence-corrected chi connectivity index (χ1v) is 27.3. The summed E-state index contributed by atoms with van der Waals surface area (Å²) in [6.45, 7) is 13.8. The van der Waals surface area contributed by atoms with E-state index in [0.29, 0.717) is 81.0 Å². The third-order valence-electron chi connectivity index (χ3n) is 22.2. The minimum atomic E-state index is -4.13. The number of carbonyl (C=O) groups is 2. The van der Waals surface area contributed by atoms with Crippen LogP contribution in [0.1, 0.15) is 170 Å². The molecule has 8 N–H and O–H groups in total. The standard InChI is InChI=1S/C50H84BNO11S/c1-29(7-13-40(54)52-23-24-64(61,62)63)33-9-11-35-42-36(15-17-46(33,35)5)44(3)19-21-48(57,26-31(44)25-39(42)53)51-49(58)22-20-45(4)32(27-49)28-50(59,60)43-37-12-10-34(30(2)8-14-41(55)56)47(37,6)18-16-38(43)45/h29-39,42-43,51,53,57-60H,7-28H2,1-6H3,(H,52,54)(H,55,56)(H,61,62,63)/t29-,30+,31?,32?,33-,34-,35+,36+,37+,38+,39+,42+,43+,44+,45+,46-,47-,48?,49?/m1/s1. The fourth-order valence-electron chi connectivity index (χ4n) is 19.0. The average Bonchev–Trinajstić information content (AvgIpc) is 3.73. The predicted octanol–water partition coefficient (Wildman–Crippen LogP) is 6.30. The SMILES string of the molecule is C[C@H](CCC(=O)NCCS(=O)(=O)O)[C@H]1CC[C@H]2[C@@H]3[C@@H](O)CC4CC(O)(BC5(O)CC[C@@]6(C)C(C5)CC(O)(O)[C@H]5[C@@H]7CC[C@H]([C@@H](C)CCC(=O)O)[C@@]7(C)CC[C@@H]56)CC[C@]4(C)[C@H]3CC[C@]12C. The van der Waals surface area contributed by atoms with E-state index in [-0.39, 0.29) is 95.7 Å². The van der Waals surface area contributed by atoms with Crippen molar-refractivity contribution < 1.29 is 53.2 Å². The average molecular weight is 918 g/mol. The van der Waals surface area contributed by atoms with Gasteiger partial charge in [-0.15, -0.1) is 0 Å². The van der Waals surface area contributed by atoms with Crippen LogP contribution >= 0.6 is 0 Å². The van der Waals surface area contributed by atoms with Crippen LogP contribution in [0.15, 0.2) is 0 Å². The maximum atomic E-state index is 12.6. The van der Waals surface area contributed by atoms with Crippen molar-refractivity contribution in [2.45, 2.75) is 193 Å². The Labute approximate surface area is 384 Å². The molecule has 14 heteroatoms. The Hall–Kier alpha value is -1.29. The molecule has 0 spiro atoms. The van der Waals surface area contributed by atoms with Gasteiger partial charge in [-0.05, 0) is 196 Å². The van der Waals surface area contributed by atoms with Crippen LogP contribution in [-0.4, -0.2) is 98.0 Å². The van der Waals surface area contributed by atoms with Gasteiger partial charge in [-0.25, -0.2) is 0 Å². The van der Waals surface area contributed by atoms with E-state index in [2.05, 4.69) is 46.9 Å². The fourth-order valence-corrected chi connectivity index (χ4v) is 19.4. The van der Waals surface area contributed by atoms with E-state index < -0.39 is 44.7 Å². The number of carboxylic acids is 1. The van der Waals surface area contributed by atoms with Gasteiger partial charge >= 0.3 is 5.97 Å². The summed E-state index contributed by atoms with van der Waals surface area (Å²) in [5, 5.41) is 73.5. The molecule has 8 rings (SSSR count). The number of nitrogens with one attached hydrogen (secondary N) is 1. The fraction of sp³-hybridized carbons (Fsp3) is 0.960. The smallest absolute Gasteiger partial charge is 0.303 e. The summed E-state index contributed by atoms with van der Waals surface area (Å²) < 4.78 is 31.1. The van der Waals surface area contributed by atoms with Crippen molar-refractivity contribution in [2.24, 2.45) is 92.7 Å². The van der Waals surface area contributed by atoms with Gasteiger partial charge in [0.2, 0.25) is 13.2 Å². The Kier molecular flexibility index (Phi) is 13.0. The number of hydrogen-bond acceptors (Lipinski definition) is 9. The first kappa shape index (κ1) is 49.1. The molecular formula is C50H84BNO11S. The van der Waals surface area contributed by atoms with Gasteiger partial charge in [0.15, 0.2) is 5.79 Å². The van der Waals surface area contributed by atoms with Crippen molar-refractivity contribution in [3.63, 3.8) is 0 Å². The highest BCUT2D eigenvalue weighted by atomic mass is 32.2. The zero-order valence-corrected chi connectivity index (χ0v) is 40.8. The number of amides is 1. The van der Waals surface area contributed by atoms with E-state index >= 15 is 0 Å². The minimum Gasteiger partial charge on any atom is -0.481 e. The lowest BCUT2D eigenvalue weighted by atomic mass is 9.34. The molecule has 8 saturated carbocycles. The van der Waals surface area contributed by atoms with Crippen molar-refractivity contribution in [3.05, 3.63) is 0 Å². The van der Waals surface area contributed by atoms with Crippen LogP contribution in [0.25, 0.3) is 0 Å². The molecule has 12 nitrogen and oxygen atoms in total. The number of aliphatic hydroxyl groups is 5. The number of hydrogen-bond donors (Lipinski definition) is 8. The molecule has 0 heterocycles. The Balaban J connectivity index is 0.896. The van der Waals surface area contributed by atoms with E-state index in [9.17, 15) is 48.6 Å². The highest BCUT2D eigenvalue weighted by Gasteiger charge is 2.69.